The SMILES string of the molecule is O=S1(=O)C=CN(CC2(O)CCNCC2)C=C1. The number of β-amino-alcohol motifs (C(OH)–C–C–N with tert-alkyl or cyclic N) is 1. The highest BCUT2D eigenvalue weighted by atomic mass is 32.2. The number of aliphatic hydroxyl groups is 1. The number of sulfone groups is 1. The fourth-order valence-corrected chi connectivity index (χ4v) is 2.66. The molecule has 1 saturated heterocycles. The van der Waals surface area contributed by atoms with E-state index in [-0.39, 0.29) is 0 Å². The van der Waals surface area contributed by atoms with Crippen molar-refractivity contribution < 1.29 is 13.5 Å². The highest BCUT2D eigenvalue weighted by molar-refractivity contribution is 7.97. The Labute approximate surface area is 95.4 Å². The zero-order chi connectivity index (χ0) is 11.6. The van der Waals surface area contributed by atoms with Gasteiger partial charge in [0, 0.05) is 12.4 Å². The van der Waals surface area contributed by atoms with Crippen LogP contribution in [0.4, 0.5) is 0 Å². The molecule has 0 unspecified atom stereocenters. The highest BCUT2D eigenvalue weighted by Gasteiger charge is 2.30. The first-order valence-electron chi connectivity index (χ1n) is 5.30. The van der Waals surface area contributed by atoms with Crippen LogP contribution in [-0.4, -0.2) is 43.7 Å². The molecule has 5 nitrogen and oxygen atoms in total. The summed E-state index contributed by atoms with van der Waals surface area (Å²) in [5.41, 5.74) is -0.721. The maximum atomic E-state index is 11.1. The fourth-order valence-electron chi connectivity index (χ4n) is 1.92. The second kappa shape index (κ2) is 4.20. The topological polar surface area (TPSA) is 69.6 Å². The molecule has 6 heteroatoms. The largest absolute Gasteiger partial charge is 0.388 e. The van der Waals surface area contributed by atoms with E-state index in [0.29, 0.717) is 19.4 Å². The van der Waals surface area contributed by atoms with E-state index in [1.54, 1.807) is 4.90 Å². The molecule has 0 saturated carbocycles. The van der Waals surface area contributed by atoms with E-state index in [1.807, 2.05) is 0 Å². The predicted molar refractivity (Wildman–Crippen MR) is 61.0 cm³/mol. The molecule has 0 aromatic carbocycles. The molecule has 0 radical (unpaired) electrons. The standard InChI is InChI=1S/C10H16N2O3S/c13-10(1-3-11-4-2-10)9-12-5-7-16(14,15)8-6-12/h5-8,11,13H,1-4,9H2. The van der Waals surface area contributed by atoms with Crippen molar-refractivity contribution in [1.29, 1.82) is 0 Å². The smallest absolute Gasteiger partial charge is 0.195 e. The van der Waals surface area contributed by atoms with Crippen LogP contribution in [0, 0.1) is 0 Å². The maximum Gasteiger partial charge on any atom is 0.195 e. The zero-order valence-corrected chi connectivity index (χ0v) is 9.78. The third kappa shape index (κ3) is 2.84. The lowest BCUT2D eigenvalue weighted by Crippen LogP contribution is -2.47. The summed E-state index contributed by atoms with van der Waals surface area (Å²) in [6.45, 7) is 2.04. The van der Waals surface area contributed by atoms with Crippen molar-refractivity contribution >= 4 is 9.84 Å². The summed E-state index contributed by atoms with van der Waals surface area (Å²) in [5, 5.41) is 15.7. The van der Waals surface area contributed by atoms with Crippen LogP contribution in [0.3, 0.4) is 0 Å². The Hall–Kier alpha value is -0.850. The average molecular weight is 244 g/mol. The first-order valence-corrected chi connectivity index (χ1v) is 6.90. The second-order valence-electron chi connectivity index (χ2n) is 4.31. The molecule has 90 valence electrons. The Morgan fingerprint density at radius 3 is 2.38 bits per heavy atom. The normalized spacial score (nSPS) is 26.9. The van der Waals surface area contributed by atoms with E-state index >= 15 is 0 Å². The molecular weight excluding hydrogens is 228 g/mol. The van der Waals surface area contributed by atoms with Crippen molar-refractivity contribution in [3.63, 3.8) is 0 Å². The Kier molecular flexibility index (Phi) is 3.05. The lowest BCUT2D eigenvalue weighted by atomic mass is 9.92. The molecule has 16 heavy (non-hydrogen) atoms. The van der Waals surface area contributed by atoms with E-state index in [1.165, 1.54) is 12.4 Å². The highest BCUT2D eigenvalue weighted by Crippen LogP contribution is 2.21. The van der Waals surface area contributed by atoms with Crippen molar-refractivity contribution in [1.82, 2.24) is 10.2 Å². The molecule has 0 amide bonds. The van der Waals surface area contributed by atoms with E-state index < -0.39 is 15.4 Å². The molecule has 2 rings (SSSR count). The van der Waals surface area contributed by atoms with Gasteiger partial charge < -0.3 is 15.3 Å². The Balaban J connectivity index is 1.98. The molecule has 1 fully saturated rings. The van der Waals surface area contributed by atoms with Gasteiger partial charge in [0.15, 0.2) is 9.84 Å². The average Bonchev–Trinajstić information content (AvgIpc) is 2.22. The first kappa shape index (κ1) is 11.6. The maximum absolute atomic E-state index is 11.1. The van der Waals surface area contributed by atoms with Crippen molar-refractivity contribution in [2.45, 2.75) is 18.4 Å². The molecule has 0 spiro atoms. The first-order chi connectivity index (χ1) is 7.49. The van der Waals surface area contributed by atoms with Crippen molar-refractivity contribution in [2.24, 2.45) is 0 Å². The fraction of sp³-hybridized carbons (Fsp3) is 0.600. The van der Waals surface area contributed by atoms with Gasteiger partial charge in [-0.05, 0) is 25.9 Å². The molecule has 0 aliphatic carbocycles. The minimum atomic E-state index is -3.17. The van der Waals surface area contributed by atoms with Gasteiger partial charge in [0.05, 0.1) is 23.0 Å². The number of piperidine rings is 1. The number of hydrogen-bond donors (Lipinski definition) is 2. The van der Waals surface area contributed by atoms with Gasteiger partial charge in [-0.15, -0.1) is 0 Å². The summed E-state index contributed by atoms with van der Waals surface area (Å²) < 4.78 is 22.2. The molecule has 2 N–H and O–H groups in total. The Bertz CT molecular complexity index is 388. The van der Waals surface area contributed by atoms with Gasteiger partial charge in [0.2, 0.25) is 0 Å². The molecule has 0 atom stereocenters. The van der Waals surface area contributed by atoms with E-state index in [9.17, 15) is 13.5 Å². The molecule has 0 aromatic heterocycles. The second-order valence-corrected chi connectivity index (χ2v) is 6.03. The summed E-state index contributed by atoms with van der Waals surface area (Å²) in [5.74, 6) is 0. The van der Waals surface area contributed by atoms with Crippen LogP contribution in [0.25, 0.3) is 0 Å². The zero-order valence-electron chi connectivity index (χ0n) is 8.96. The van der Waals surface area contributed by atoms with Gasteiger partial charge in [-0.25, -0.2) is 8.42 Å². The number of nitrogens with zero attached hydrogens (tertiary/aromatic N) is 1. The van der Waals surface area contributed by atoms with Crippen LogP contribution in [0.15, 0.2) is 23.2 Å². The molecule has 2 aliphatic heterocycles. The molecule has 0 bridgehead atoms. The predicted octanol–water partition coefficient (Wildman–Crippen LogP) is -0.226. The summed E-state index contributed by atoms with van der Waals surface area (Å²) in [4.78, 5) is 1.71. The van der Waals surface area contributed by atoms with E-state index in [0.717, 1.165) is 23.9 Å². The van der Waals surface area contributed by atoms with Crippen LogP contribution in [0.1, 0.15) is 12.8 Å². The third-order valence-corrected chi connectivity index (χ3v) is 3.90. The lowest BCUT2D eigenvalue weighted by molar-refractivity contribution is -0.00358. The quantitative estimate of drug-likeness (QED) is 0.702. The minimum absolute atomic E-state index is 0.442. The van der Waals surface area contributed by atoms with Crippen LogP contribution in [-0.2, 0) is 9.84 Å². The van der Waals surface area contributed by atoms with Gasteiger partial charge in [-0.3, -0.25) is 0 Å². The number of hydrogen-bond acceptors (Lipinski definition) is 5. The number of rotatable bonds is 2. The van der Waals surface area contributed by atoms with Gasteiger partial charge in [0.25, 0.3) is 0 Å². The van der Waals surface area contributed by atoms with Crippen LogP contribution in [0.2, 0.25) is 0 Å². The van der Waals surface area contributed by atoms with Gasteiger partial charge >= 0.3 is 0 Å². The monoisotopic (exact) mass is 244 g/mol. The Morgan fingerprint density at radius 2 is 1.81 bits per heavy atom. The van der Waals surface area contributed by atoms with Crippen LogP contribution < -0.4 is 5.32 Å². The summed E-state index contributed by atoms with van der Waals surface area (Å²) in [6, 6.07) is 0. The van der Waals surface area contributed by atoms with Crippen LogP contribution >= 0.6 is 0 Å². The summed E-state index contributed by atoms with van der Waals surface area (Å²) >= 11 is 0. The molecule has 0 aromatic rings. The van der Waals surface area contributed by atoms with E-state index in [2.05, 4.69) is 5.32 Å². The molecule has 2 heterocycles. The minimum Gasteiger partial charge on any atom is -0.388 e. The third-order valence-electron chi connectivity index (χ3n) is 2.90. The molecular formula is C10H16N2O3S. The Morgan fingerprint density at radius 1 is 1.25 bits per heavy atom. The lowest BCUT2D eigenvalue weighted by Gasteiger charge is -2.36. The van der Waals surface area contributed by atoms with Crippen molar-refractivity contribution in [2.75, 3.05) is 19.6 Å². The molecule has 2 aliphatic rings. The summed E-state index contributed by atoms with van der Waals surface area (Å²) in [6.07, 6.45) is 4.38. The van der Waals surface area contributed by atoms with Crippen LogP contribution in [0.5, 0.6) is 0 Å². The van der Waals surface area contributed by atoms with Gasteiger partial charge in [0.1, 0.15) is 0 Å². The van der Waals surface area contributed by atoms with E-state index in [4.69, 9.17) is 0 Å². The van der Waals surface area contributed by atoms with Gasteiger partial charge in [-0.1, -0.05) is 0 Å². The number of nitrogens with one attached hydrogen (secondary N) is 1. The van der Waals surface area contributed by atoms with Crippen molar-refractivity contribution in [3.8, 4) is 0 Å². The van der Waals surface area contributed by atoms with Gasteiger partial charge in [-0.2, -0.15) is 0 Å². The summed E-state index contributed by atoms with van der Waals surface area (Å²) in [7, 11) is -3.17. The van der Waals surface area contributed by atoms with Crippen molar-refractivity contribution in [3.05, 3.63) is 23.2 Å².